The smallest absolute Gasteiger partial charge is 0.320 e. The first-order chi connectivity index (χ1) is 9.25. The molecule has 1 aromatic carbocycles. The minimum Gasteiger partial charge on any atom is -0.486 e. The number of para-hydroxylation sites is 1. The zero-order valence-electron chi connectivity index (χ0n) is 11.1. The van der Waals surface area contributed by atoms with Gasteiger partial charge in [-0.05, 0) is 25.5 Å². The Bertz CT molecular complexity index is 494. The number of carbonyl (C=O) groups is 1. The van der Waals surface area contributed by atoms with E-state index in [0.717, 1.165) is 36.4 Å². The Morgan fingerprint density at radius 3 is 2.95 bits per heavy atom. The molecule has 0 spiro atoms. The van der Waals surface area contributed by atoms with E-state index in [9.17, 15) is 9.90 Å². The number of halogens is 1. The van der Waals surface area contributed by atoms with Crippen LogP contribution < -0.4 is 9.47 Å². The number of likely N-dealkylation sites (tertiary alicyclic amines) is 1. The van der Waals surface area contributed by atoms with Crippen molar-refractivity contribution in [2.24, 2.45) is 0 Å². The maximum absolute atomic E-state index is 11.2. The van der Waals surface area contributed by atoms with Crippen LogP contribution in [-0.2, 0) is 11.3 Å². The minimum atomic E-state index is -0.737. The molecule has 20 heavy (non-hydrogen) atoms. The molecule has 0 aromatic heterocycles. The summed E-state index contributed by atoms with van der Waals surface area (Å²) in [6.07, 6.45) is 1.66. The van der Waals surface area contributed by atoms with Gasteiger partial charge in [-0.25, -0.2) is 0 Å². The highest BCUT2D eigenvalue weighted by Crippen LogP contribution is 2.35. The molecule has 1 saturated heterocycles. The van der Waals surface area contributed by atoms with Gasteiger partial charge in [0.2, 0.25) is 0 Å². The van der Waals surface area contributed by atoms with Crippen LogP contribution in [-0.4, -0.2) is 41.8 Å². The summed E-state index contributed by atoms with van der Waals surface area (Å²) in [5.74, 6) is 0.791. The molecule has 2 aliphatic heterocycles. The Kier molecular flexibility index (Phi) is 4.73. The van der Waals surface area contributed by atoms with Crippen molar-refractivity contribution in [1.82, 2.24) is 4.90 Å². The van der Waals surface area contributed by atoms with Gasteiger partial charge in [-0.3, -0.25) is 9.69 Å². The van der Waals surface area contributed by atoms with Gasteiger partial charge >= 0.3 is 5.97 Å². The second kappa shape index (κ2) is 6.33. The standard InChI is InChI=1S/C14H17NO4.ClH/c16-14(17)11-4-2-6-15(11)9-10-3-1-5-12-13(10)19-8-7-18-12;/h1,3,5,11H,2,4,6-9H2,(H,16,17);1H. The molecule has 0 aliphatic carbocycles. The van der Waals surface area contributed by atoms with E-state index in [0.29, 0.717) is 19.8 Å². The fourth-order valence-corrected chi connectivity index (χ4v) is 2.77. The van der Waals surface area contributed by atoms with Crippen LogP contribution in [0.2, 0.25) is 0 Å². The van der Waals surface area contributed by atoms with Crippen molar-refractivity contribution < 1.29 is 19.4 Å². The molecule has 2 heterocycles. The number of ether oxygens (including phenoxy) is 2. The first-order valence-electron chi connectivity index (χ1n) is 6.60. The summed E-state index contributed by atoms with van der Waals surface area (Å²) in [6, 6.07) is 5.41. The van der Waals surface area contributed by atoms with Crippen LogP contribution in [0, 0.1) is 0 Å². The first-order valence-corrected chi connectivity index (χ1v) is 6.60. The molecule has 6 heteroatoms. The van der Waals surface area contributed by atoms with Gasteiger partial charge in [0.25, 0.3) is 0 Å². The van der Waals surface area contributed by atoms with E-state index in [1.165, 1.54) is 0 Å². The van der Waals surface area contributed by atoms with Crippen LogP contribution >= 0.6 is 12.4 Å². The average molecular weight is 300 g/mol. The molecule has 0 bridgehead atoms. The number of carboxylic acid groups (broad SMARTS) is 1. The van der Waals surface area contributed by atoms with E-state index in [4.69, 9.17) is 9.47 Å². The Labute approximate surface area is 123 Å². The molecule has 1 aromatic rings. The number of carboxylic acids is 1. The van der Waals surface area contributed by atoms with Crippen molar-refractivity contribution >= 4 is 18.4 Å². The van der Waals surface area contributed by atoms with Crippen molar-refractivity contribution in [1.29, 1.82) is 0 Å². The largest absolute Gasteiger partial charge is 0.486 e. The third-order valence-corrected chi connectivity index (χ3v) is 3.67. The molecule has 2 aliphatic rings. The lowest BCUT2D eigenvalue weighted by Crippen LogP contribution is -2.35. The average Bonchev–Trinajstić information content (AvgIpc) is 2.87. The molecule has 0 saturated carbocycles. The van der Waals surface area contributed by atoms with Gasteiger partial charge in [0.1, 0.15) is 19.3 Å². The Morgan fingerprint density at radius 2 is 2.15 bits per heavy atom. The monoisotopic (exact) mass is 299 g/mol. The summed E-state index contributed by atoms with van der Waals surface area (Å²) < 4.78 is 11.2. The fraction of sp³-hybridized carbons (Fsp3) is 0.500. The molecule has 0 amide bonds. The maximum Gasteiger partial charge on any atom is 0.320 e. The molecule has 5 nitrogen and oxygen atoms in total. The van der Waals surface area contributed by atoms with Gasteiger partial charge in [-0.2, -0.15) is 0 Å². The van der Waals surface area contributed by atoms with Crippen molar-refractivity contribution in [2.75, 3.05) is 19.8 Å². The first kappa shape index (κ1) is 14.9. The summed E-state index contributed by atoms with van der Waals surface area (Å²) in [5, 5.41) is 9.20. The maximum atomic E-state index is 11.2. The lowest BCUT2D eigenvalue weighted by Gasteiger charge is -2.25. The van der Waals surface area contributed by atoms with Crippen LogP contribution in [0.4, 0.5) is 0 Å². The van der Waals surface area contributed by atoms with E-state index in [1.807, 2.05) is 23.1 Å². The van der Waals surface area contributed by atoms with Crippen molar-refractivity contribution in [3.8, 4) is 11.5 Å². The Balaban J connectivity index is 0.00000147. The predicted molar refractivity (Wildman–Crippen MR) is 75.7 cm³/mol. The highest BCUT2D eigenvalue weighted by molar-refractivity contribution is 5.85. The lowest BCUT2D eigenvalue weighted by molar-refractivity contribution is -0.142. The zero-order valence-corrected chi connectivity index (χ0v) is 11.9. The number of fused-ring (bicyclic) bond motifs is 1. The van der Waals surface area contributed by atoms with Crippen LogP contribution in [0.15, 0.2) is 18.2 Å². The Morgan fingerprint density at radius 1 is 1.35 bits per heavy atom. The van der Waals surface area contributed by atoms with Crippen LogP contribution in [0.1, 0.15) is 18.4 Å². The highest BCUT2D eigenvalue weighted by Gasteiger charge is 2.31. The number of hydrogen-bond donors (Lipinski definition) is 1. The quantitative estimate of drug-likeness (QED) is 0.924. The topological polar surface area (TPSA) is 59.0 Å². The molecule has 1 atom stereocenters. The van der Waals surface area contributed by atoms with Gasteiger partial charge in [0.15, 0.2) is 11.5 Å². The van der Waals surface area contributed by atoms with Gasteiger partial charge in [0.05, 0.1) is 0 Å². The van der Waals surface area contributed by atoms with E-state index >= 15 is 0 Å². The molecule has 1 unspecified atom stereocenters. The normalized spacial score (nSPS) is 21.3. The second-order valence-corrected chi connectivity index (χ2v) is 4.91. The number of benzene rings is 1. The molecular weight excluding hydrogens is 282 g/mol. The van der Waals surface area contributed by atoms with Crippen molar-refractivity contribution in [3.05, 3.63) is 23.8 Å². The van der Waals surface area contributed by atoms with Crippen molar-refractivity contribution in [3.63, 3.8) is 0 Å². The van der Waals surface area contributed by atoms with Crippen molar-refractivity contribution in [2.45, 2.75) is 25.4 Å². The van der Waals surface area contributed by atoms with Crippen LogP contribution in [0.5, 0.6) is 11.5 Å². The molecule has 110 valence electrons. The second-order valence-electron chi connectivity index (χ2n) is 4.91. The van der Waals surface area contributed by atoms with E-state index in [-0.39, 0.29) is 18.4 Å². The molecule has 1 fully saturated rings. The van der Waals surface area contributed by atoms with Gasteiger partial charge in [-0.15, -0.1) is 12.4 Å². The van der Waals surface area contributed by atoms with Gasteiger partial charge in [-0.1, -0.05) is 12.1 Å². The number of rotatable bonds is 3. The molecular formula is C14H18ClNO4. The van der Waals surface area contributed by atoms with E-state index in [2.05, 4.69) is 0 Å². The SMILES string of the molecule is Cl.O=C(O)C1CCCN1Cc1cccc2c1OCCO2. The molecule has 3 rings (SSSR count). The summed E-state index contributed by atoms with van der Waals surface area (Å²) >= 11 is 0. The number of aliphatic carboxylic acids is 1. The fourth-order valence-electron chi connectivity index (χ4n) is 2.77. The number of hydrogen-bond acceptors (Lipinski definition) is 4. The third kappa shape index (κ3) is 2.83. The van der Waals surface area contributed by atoms with Gasteiger partial charge < -0.3 is 14.6 Å². The van der Waals surface area contributed by atoms with Gasteiger partial charge in [0, 0.05) is 12.1 Å². The highest BCUT2D eigenvalue weighted by atomic mass is 35.5. The minimum absolute atomic E-state index is 0. The summed E-state index contributed by atoms with van der Waals surface area (Å²) in [5.41, 5.74) is 1.00. The van der Waals surface area contributed by atoms with Crippen LogP contribution in [0.3, 0.4) is 0 Å². The predicted octanol–water partition coefficient (Wildman–Crippen LogP) is 1.93. The van der Waals surface area contributed by atoms with E-state index < -0.39 is 5.97 Å². The van der Waals surface area contributed by atoms with Crippen LogP contribution in [0.25, 0.3) is 0 Å². The lowest BCUT2D eigenvalue weighted by atomic mass is 10.1. The third-order valence-electron chi connectivity index (χ3n) is 3.67. The molecule has 0 radical (unpaired) electrons. The van der Waals surface area contributed by atoms with E-state index in [1.54, 1.807) is 0 Å². The summed E-state index contributed by atoms with van der Waals surface area (Å²) in [6.45, 7) is 2.54. The molecule has 1 N–H and O–H groups in total. The Hall–Kier alpha value is -1.46. The number of nitrogens with zero attached hydrogens (tertiary/aromatic N) is 1. The summed E-state index contributed by atoms with van der Waals surface area (Å²) in [7, 11) is 0. The zero-order chi connectivity index (χ0) is 13.2. The summed E-state index contributed by atoms with van der Waals surface area (Å²) in [4.78, 5) is 13.2.